The maximum Gasteiger partial charge on any atom is 0.238 e. The van der Waals surface area contributed by atoms with Gasteiger partial charge in [0.25, 0.3) is 0 Å². The molecule has 6 heteroatoms. The van der Waals surface area contributed by atoms with Gasteiger partial charge in [-0.2, -0.15) is 0 Å². The lowest BCUT2D eigenvalue weighted by Gasteiger charge is -2.04. The van der Waals surface area contributed by atoms with Crippen molar-refractivity contribution in [2.75, 3.05) is 6.26 Å². The Morgan fingerprint density at radius 1 is 1.29 bits per heavy atom. The minimum Gasteiger partial charge on any atom is -0.278 e. The number of hydrogen-bond donors (Lipinski definition) is 2. The Labute approximate surface area is 100 Å². The van der Waals surface area contributed by atoms with E-state index in [-0.39, 0.29) is 17.7 Å². The Balaban J connectivity index is 1.89. The second-order valence-electron chi connectivity index (χ2n) is 4.22. The number of amides is 1. The lowest BCUT2D eigenvalue weighted by atomic mass is 10.1. The Hall–Kier alpha value is -1.40. The minimum absolute atomic E-state index is 0.133. The van der Waals surface area contributed by atoms with Crippen molar-refractivity contribution in [3.05, 3.63) is 35.9 Å². The maximum absolute atomic E-state index is 11.6. The molecule has 1 aliphatic rings. The van der Waals surface area contributed by atoms with Gasteiger partial charge in [-0.05, 0) is 17.9 Å². The highest BCUT2D eigenvalue weighted by Gasteiger charge is 2.43. The molecule has 1 saturated carbocycles. The fraction of sp³-hybridized carbons (Fsp3) is 0.364. The summed E-state index contributed by atoms with van der Waals surface area (Å²) in [6.07, 6.45) is 1.76. The van der Waals surface area contributed by atoms with Crippen LogP contribution in [-0.2, 0) is 14.8 Å². The van der Waals surface area contributed by atoms with E-state index < -0.39 is 10.0 Å². The molecule has 1 aliphatic carbocycles. The number of hydrazine groups is 1. The molecule has 1 fully saturated rings. The molecule has 92 valence electrons. The zero-order valence-electron chi connectivity index (χ0n) is 9.38. The van der Waals surface area contributed by atoms with Crippen LogP contribution in [0.15, 0.2) is 30.3 Å². The standard InChI is InChI=1S/C11H14N2O3S/c1-17(15,16)13-12-11(14)10-7-9(10)8-5-3-2-4-6-8/h2-6,9-10,13H,7H2,1H3,(H,12,14)/t9-,10-/m0/s1. The van der Waals surface area contributed by atoms with Gasteiger partial charge in [-0.15, -0.1) is 4.83 Å². The van der Waals surface area contributed by atoms with Crippen LogP contribution in [0.5, 0.6) is 0 Å². The predicted molar refractivity (Wildman–Crippen MR) is 63.4 cm³/mol. The van der Waals surface area contributed by atoms with Crippen LogP contribution in [0.2, 0.25) is 0 Å². The monoisotopic (exact) mass is 254 g/mol. The first-order valence-corrected chi connectivity index (χ1v) is 7.18. The van der Waals surface area contributed by atoms with E-state index in [1.165, 1.54) is 0 Å². The van der Waals surface area contributed by atoms with E-state index in [1.54, 1.807) is 0 Å². The van der Waals surface area contributed by atoms with Crippen molar-refractivity contribution in [2.45, 2.75) is 12.3 Å². The molecular formula is C11H14N2O3S. The molecule has 0 spiro atoms. The highest BCUT2D eigenvalue weighted by molar-refractivity contribution is 7.88. The first-order chi connectivity index (χ1) is 7.97. The molecule has 1 amide bonds. The molecule has 0 bridgehead atoms. The SMILES string of the molecule is CS(=O)(=O)NNC(=O)[C@H]1C[C@H]1c1ccccc1. The van der Waals surface area contributed by atoms with E-state index in [0.29, 0.717) is 0 Å². The van der Waals surface area contributed by atoms with Crippen molar-refractivity contribution in [3.8, 4) is 0 Å². The van der Waals surface area contributed by atoms with Crippen LogP contribution in [-0.4, -0.2) is 20.6 Å². The van der Waals surface area contributed by atoms with Gasteiger partial charge in [0.15, 0.2) is 0 Å². The molecule has 17 heavy (non-hydrogen) atoms. The summed E-state index contributed by atoms with van der Waals surface area (Å²) in [5.41, 5.74) is 3.32. The largest absolute Gasteiger partial charge is 0.278 e. The third-order valence-corrected chi connectivity index (χ3v) is 3.19. The molecule has 0 radical (unpaired) electrons. The van der Waals surface area contributed by atoms with E-state index in [2.05, 4.69) is 5.43 Å². The summed E-state index contributed by atoms with van der Waals surface area (Å²) in [6, 6.07) is 9.73. The summed E-state index contributed by atoms with van der Waals surface area (Å²) in [5, 5.41) is 0. The molecule has 2 N–H and O–H groups in total. The van der Waals surface area contributed by atoms with E-state index in [1.807, 2.05) is 35.2 Å². The molecule has 2 atom stereocenters. The second-order valence-corrected chi connectivity index (χ2v) is 5.97. The van der Waals surface area contributed by atoms with Crippen molar-refractivity contribution >= 4 is 15.9 Å². The Morgan fingerprint density at radius 2 is 1.94 bits per heavy atom. The van der Waals surface area contributed by atoms with E-state index >= 15 is 0 Å². The van der Waals surface area contributed by atoms with Crippen LogP contribution in [0, 0.1) is 5.92 Å². The second kappa shape index (κ2) is 4.46. The van der Waals surface area contributed by atoms with Gasteiger partial charge in [0.1, 0.15) is 0 Å². The molecular weight excluding hydrogens is 240 g/mol. The molecule has 2 rings (SSSR count). The molecule has 1 aromatic carbocycles. The van der Waals surface area contributed by atoms with E-state index in [4.69, 9.17) is 0 Å². The minimum atomic E-state index is -3.39. The molecule has 0 saturated heterocycles. The summed E-state index contributed by atoms with van der Waals surface area (Å²) in [7, 11) is -3.39. The van der Waals surface area contributed by atoms with Crippen molar-refractivity contribution in [2.24, 2.45) is 5.92 Å². The van der Waals surface area contributed by atoms with E-state index in [9.17, 15) is 13.2 Å². The van der Waals surface area contributed by atoms with Gasteiger partial charge in [-0.1, -0.05) is 30.3 Å². The summed E-state index contributed by atoms with van der Waals surface area (Å²) in [5.74, 6) is -0.200. The lowest BCUT2D eigenvalue weighted by Crippen LogP contribution is -2.41. The van der Waals surface area contributed by atoms with Gasteiger partial charge < -0.3 is 0 Å². The lowest BCUT2D eigenvalue weighted by molar-refractivity contribution is -0.122. The molecule has 5 nitrogen and oxygen atoms in total. The summed E-state index contributed by atoms with van der Waals surface area (Å²) in [4.78, 5) is 13.6. The topological polar surface area (TPSA) is 75.3 Å². The molecule has 0 aromatic heterocycles. The third-order valence-electron chi connectivity index (χ3n) is 2.71. The number of nitrogens with one attached hydrogen (secondary N) is 2. The van der Waals surface area contributed by atoms with Crippen LogP contribution in [0.1, 0.15) is 17.9 Å². The van der Waals surface area contributed by atoms with Crippen molar-refractivity contribution in [1.29, 1.82) is 0 Å². The number of rotatable bonds is 4. The smallest absolute Gasteiger partial charge is 0.238 e. The zero-order chi connectivity index (χ0) is 12.5. The van der Waals surface area contributed by atoms with Gasteiger partial charge >= 0.3 is 0 Å². The van der Waals surface area contributed by atoms with Crippen LogP contribution in [0.25, 0.3) is 0 Å². The molecule has 0 unspecified atom stereocenters. The van der Waals surface area contributed by atoms with Crippen LogP contribution in [0.3, 0.4) is 0 Å². The number of carbonyl (C=O) groups excluding carboxylic acids is 1. The Kier molecular flexibility index (Phi) is 3.17. The van der Waals surface area contributed by atoms with Gasteiger partial charge in [-0.25, -0.2) is 8.42 Å². The summed E-state index contributed by atoms with van der Waals surface area (Å²) < 4.78 is 21.6. The van der Waals surface area contributed by atoms with Crippen LogP contribution in [0.4, 0.5) is 0 Å². The van der Waals surface area contributed by atoms with Crippen LogP contribution >= 0.6 is 0 Å². The summed E-state index contributed by atoms with van der Waals surface area (Å²) >= 11 is 0. The normalized spacial score (nSPS) is 23.1. The molecule has 0 aliphatic heterocycles. The predicted octanol–water partition coefficient (Wildman–Crippen LogP) is 0.370. The van der Waals surface area contributed by atoms with Crippen molar-refractivity contribution < 1.29 is 13.2 Å². The highest BCUT2D eigenvalue weighted by Crippen LogP contribution is 2.47. The van der Waals surface area contributed by atoms with Gasteiger partial charge in [0.2, 0.25) is 15.9 Å². The number of benzene rings is 1. The first-order valence-electron chi connectivity index (χ1n) is 5.29. The molecule has 0 heterocycles. The van der Waals surface area contributed by atoms with E-state index in [0.717, 1.165) is 18.2 Å². The average molecular weight is 254 g/mol. The van der Waals surface area contributed by atoms with Crippen molar-refractivity contribution in [1.82, 2.24) is 10.3 Å². The van der Waals surface area contributed by atoms with Crippen molar-refractivity contribution in [3.63, 3.8) is 0 Å². The number of hydrogen-bond acceptors (Lipinski definition) is 3. The average Bonchev–Trinajstić information content (AvgIpc) is 3.06. The quantitative estimate of drug-likeness (QED) is 0.762. The Bertz CT molecular complexity index is 513. The Morgan fingerprint density at radius 3 is 2.53 bits per heavy atom. The third kappa shape index (κ3) is 3.28. The maximum atomic E-state index is 11.6. The first kappa shape index (κ1) is 12.1. The van der Waals surface area contributed by atoms with Gasteiger partial charge in [-0.3, -0.25) is 10.2 Å². The number of carbonyl (C=O) groups is 1. The number of sulfonamides is 1. The van der Waals surface area contributed by atoms with Crippen LogP contribution < -0.4 is 10.3 Å². The van der Waals surface area contributed by atoms with Gasteiger partial charge in [0, 0.05) is 5.92 Å². The highest BCUT2D eigenvalue weighted by atomic mass is 32.2. The van der Waals surface area contributed by atoms with Gasteiger partial charge in [0.05, 0.1) is 6.26 Å². The summed E-state index contributed by atoms with van der Waals surface area (Å²) in [6.45, 7) is 0. The fourth-order valence-electron chi connectivity index (χ4n) is 1.79. The molecule has 1 aromatic rings. The zero-order valence-corrected chi connectivity index (χ0v) is 10.2. The fourth-order valence-corrected chi connectivity index (χ4v) is 2.08.